The third kappa shape index (κ3) is 5.74. The van der Waals surface area contributed by atoms with Gasteiger partial charge in [0, 0.05) is 28.6 Å². The van der Waals surface area contributed by atoms with Gasteiger partial charge in [0.2, 0.25) is 5.95 Å². The molecule has 0 saturated heterocycles. The van der Waals surface area contributed by atoms with Crippen LogP contribution in [-0.4, -0.2) is 27.0 Å². The molecule has 2 heterocycles. The van der Waals surface area contributed by atoms with Crippen molar-refractivity contribution >= 4 is 27.2 Å². The number of benzene rings is 2. The summed E-state index contributed by atoms with van der Waals surface area (Å²) in [5, 5.41) is 6.50. The van der Waals surface area contributed by atoms with Crippen LogP contribution < -0.4 is 15.4 Å². The van der Waals surface area contributed by atoms with E-state index >= 15 is 0 Å². The lowest BCUT2D eigenvalue weighted by atomic mass is 10.1. The third-order valence-corrected chi connectivity index (χ3v) is 6.18. The van der Waals surface area contributed by atoms with Crippen LogP contribution in [0.4, 0.5) is 17.5 Å². The summed E-state index contributed by atoms with van der Waals surface area (Å²) in [6.45, 7) is 4.92. The average Bonchev–Trinajstić information content (AvgIpc) is 3.23. The number of rotatable bonds is 9. The standard InChI is InChI=1S/C25H27N5O3S/c1-4-32-20-12-9-18(10-13-20)23-16-28-25(29-19-6-5-7-22(14-19)34(3,26)31)30-24(23)27-15-21-11-8-17(2)33-21/h5-14,16,26H,4,15H2,1-3H3,(H2,27,28,29,30). The maximum Gasteiger partial charge on any atom is 0.229 e. The Morgan fingerprint density at radius 2 is 1.91 bits per heavy atom. The molecule has 0 aliphatic carbocycles. The van der Waals surface area contributed by atoms with E-state index in [0.717, 1.165) is 28.4 Å². The van der Waals surface area contributed by atoms with E-state index in [1.807, 2.05) is 56.3 Å². The summed E-state index contributed by atoms with van der Waals surface area (Å²) in [6, 6.07) is 18.5. The van der Waals surface area contributed by atoms with Gasteiger partial charge in [0.25, 0.3) is 0 Å². The van der Waals surface area contributed by atoms with Gasteiger partial charge < -0.3 is 19.8 Å². The van der Waals surface area contributed by atoms with E-state index < -0.39 is 9.73 Å². The average molecular weight is 478 g/mol. The van der Waals surface area contributed by atoms with Crippen molar-refractivity contribution in [2.24, 2.45) is 0 Å². The second-order valence-corrected chi connectivity index (χ2v) is 9.93. The van der Waals surface area contributed by atoms with Crippen LogP contribution in [0.3, 0.4) is 0 Å². The molecule has 0 aliphatic heterocycles. The Hall–Kier alpha value is -3.85. The van der Waals surface area contributed by atoms with Crippen molar-refractivity contribution in [3.63, 3.8) is 0 Å². The predicted octanol–water partition coefficient (Wildman–Crippen LogP) is 5.83. The zero-order chi connectivity index (χ0) is 24.1. The largest absolute Gasteiger partial charge is 0.494 e. The van der Waals surface area contributed by atoms with Crippen LogP contribution in [0.25, 0.3) is 11.1 Å². The topological polar surface area (TPSA) is 113 Å². The maximum atomic E-state index is 12.1. The molecule has 1 atom stereocenters. The highest BCUT2D eigenvalue weighted by Crippen LogP contribution is 2.30. The number of furan rings is 1. The Kier molecular flexibility index (Phi) is 6.83. The minimum atomic E-state index is -2.83. The fourth-order valence-electron chi connectivity index (χ4n) is 3.38. The molecule has 0 aliphatic rings. The molecule has 176 valence electrons. The van der Waals surface area contributed by atoms with Crippen molar-refractivity contribution < 1.29 is 13.4 Å². The van der Waals surface area contributed by atoms with Gasteiger partial charge in [0.05, 0.1) is 22.9 Å². The van der Waals surface area contributed by atoms with Crippen LogP contribution in [-0.2, 0) is 16.3 Å². The first kappa shape index (κ1) is 23.3. The van der Waals surface area contributed by atoms with Gasteiger partial charge in [-0.3, -0.25) is 0 Å². The number of aromatic nitrogens is 2. The Morgan fingerprint density at radius 1 is 1.12 bits per heavy atom. The van der Waals surface area contributed by atoms with E-state index in [1.54, 1.807) is 24.4 Å². The first-order valence-corrected chi connectivity index (χ1v) is 12.8. The molecule has 0 bridgehead atoms. The highest BCUT2D eigenvalue weighted by Gasteiger charge is 2.12. The zero-order valence-electron chi connectivity index (χ0n) is 19.3. The summed E-state index contributed by atoms with van der Waals surface area (Å²) in [6.07, 6.45) is 3.14. The number of anilines is 3. The molecule has 2 aromatic heterocycles. The van der Waals surface area contributed by atoms with Crippen LogP contribution in [0, 0.1) is 11.7 Å². The third-order valence-electron chi connectivity index (χ3n) is 5.03. The molecule has 0 spiro atoms. The molecule has 3 N–H and O–H groups in total. The Labute approximate surface area is 199 Å². The molecule has 34 heavy (non-hydrogen) atoms. The molecule has 1 unspecified atom stereocenters. The monoisotopic (exact) mass is 477 g/mol. The molecule has 0 amide bonds. The summed E-state index contributed by atoms with van der Waals surface area (Å²) >= 11 is 0. The molecule has 2 aromatic carbocycles. The number of aryl methyl sites for hydroxylation is 1. The quantitative estimate of drug-likeness (QED) is 0.278. The van der Waals surface area contributed by atoms with Crippen LogP contribution in [0.15, 0.2) is 76.2 Å². The van der Waals surface area contributed by atoms with Crippen molar-refractivity contribution in [2.75, 3.05) is 23.5 Å². The fraction of sp³-hybridized carbons (Fsp3) is 0.200. The SMILES string of the molecule is CCOc1ccc(-c2cnc(Nc3cccc(S(C)(=N)=O)c3)nc2NCc2ccc(C)o2)cc1. The number of nitrogens with one attached hydrogen (secondary N) is 3. The summed E-state index contributed by atoms with van der Waals surface area (Å²) < 4.78 is 31.2. The summed E-state index contributed by atoms with van der Waals surface area (Å²) in [5.41, 5.74) is 2.42. The highest BCUT2D eigenvalue weighted by atomic mass is 32.2. The van der Waals surface area contributed by atoms with Crippen LogP contribution >= 0.6 is 0 Å². The molecule has 0 radical (unpaired) electrons. The van der Waals surface area contributed by atoms with Crippen LogP contribution in [0.2, 0.25) is 0 Å². The molecule has 9 heteroatoms. The fourth-order valence-corrected chi connectivity index (χ4v) is 4.07. The molecule has 4 rings (SSSR count). The van der Waals surface area contributed by atoms with Gasteiger partial charge in [0.15, 0.2) is 0 Å². The van der Waals surface area contributed by atoms with E-state index in [1.165, 1.54) is 6.26 Å². The van der Waals surface area contributed by atoms with E-state index in [-0.39, 0.29) is 0 Å². The van der Waals surface area contributed by atoms with Crippen molar-refractivity contribution in [2.45, 2.75) is 25.3 Å². The van der Waals surface area contributed by atoms with Crippen LogP contribution in [0.5, 0.6) is 5.75 Å². The predicted molar refractivity (Wildman–Crippen MR) is 134 cm³/mol. The van der Waals surface area contributed by atoms with Crippen molar-refractivity contribution in [1.82, 2.24) is 9.97 Å². The number of nitrogens with zero attached hydrogens (tertiary/aromatic N) is 2. The van der Waals surface area contributed by atoms with Gasteiger partial charge in [-0.05, 0) is 61.9 Å². The van der Waals surface area contributed by atoms with Crippen molar-refractivity contribution in [1.29, 1.82) is 4.78 Å². The lowest BCUT2D eigenvalue weighted by Crippen LogP contribution is -2.06. The molecule has 0 fully saturated rings. The van der Waals surface area contributed by atoms with E-state index in [9.17, 15) is 4.21 Å². The first-order chi connectivity index (χ1) is 16.3. The summed E-state index contributed by atoms with van der Waals surface area (Å²) in [7, 11) is -2.83. The highest BCUT2D eigenvalue weighted by molar-refractivity contribution is 7.91. The first-order valence-electron chi connectivity index (χ1n) is 10.8. The lowest BCUT2D eigenvalue weighted by Gasteiger charge is -2.14. The molecule has 0 saturated carbocycles. The normalized spacial score (nSPS) is 12.7. The zero-order valence-corrected chi connectivity index (χ0v) is 20.1. The minimum Gasteiger partial charge on any atom is -0.494 e. The van der Waals surface area contributed by atoms with E-state index in [2.05, 4.69) is 15.6 Å². The molecule has 8 nitrogen and oxygen atoms in total. The lowest BCUT2D eigenvalue weighted by molar-refractivity contribution is 0.340. The minimum absolute atomic E-state index is 0.373. The smallest absolute Gasteiger partial charge is 0.229 e. The second kappa shape index (κ2) is 9.96. The number of hydrogen-bond acceptors (Lipinski definition) is 8. The van der Waals surface area contributed by atoms with Gasteiger partial charge >= 0.3 is 0 Å². The summed E-state index contributed by atoms with van der Waals surface area (Å²) in [5.74, 6) is 3.44. The molecule has 4 aromatic rings. The Balaban J connectivity index is 1.65. The van der Waals surface area contributed by atoms with Gasteiger partial charge in [-0.15, -0.1) is 0 Å². The Morgan fingerprint density at radius 3 is 2.59 bits per heavy atom. The van der Waals surface area contributed by atoms with Crippen LogP contribution in [0.1, 0.15) is 18.4 Å². The summed E-state index contributed by atoms with van der Waals surface area (Å²) in [4.78, 5) is 9.62. The van der Waals surface area contributed by atoms with E-state index in [4.69, 9.17) is 18.9 Å². The molecular weight excluding hydrogens is 450 g/mol. The van der Waals surface area contributed by atoms with Gasteiger partial charge in [-0.25, -0.2) is 14.0 Å². The van der Waals surface area contributed by atoms with Gasteiger partial charge in [0.1, 0.15) is 23.1 Å². The maximum absolute atomic E-state index is 12.1. The van der Waals surface area contributed by atoms with E-state index in [0.29, 0.717) is 35.5 Å². The molecular formula is C25H27N5O3S. The van der Waals surface area contributed by atoms with Crippen molar-refractivity contribution in [3.05, 3.63) is 78.4 Å². The second-order valence-electron chi connectivity index (χ2n) is 7.78. The number of ether oxygens (including phenoxy) is 1. The van der Waals surface area contributed by atoms with Crippen molar-refractivity contribution in [3.8, 4) is 16.9 Å². The van der Waals surface area contributed by atoms with Gasteiger partial charge in [-0.2, -0.15) is 4.98 Å². The Bertz CT molecular complexity index is 1380. The van der Waals surface area contributed by atoms with Gasteiger partial charge in [-0.1, -0.05) is 18.2 Å². The number of hydrogen-bond donors (Lipinski definition) is 3.